The van der Waals surface area contributed by atoms with Gasteiger partial charge in [-0.3, -0.25) is 4.90 Å². The zero-order chi connectivity index (χ0) is 23.3. The van der Waals surface area contributed by atoms with E-state index in [1.807, 2.05) is 0 Å². The van der Waals surface area contributed by atoms with Crippen molar-refractivity contribution < 1.29 is 26.7 Å². The van der Waals surface area contributed by atoms with E-state index >= 15 is 0 Å². The second-order valence-corrected chi connectivity index (χ2v) is 9.59. The zero-order valence-corrected chi connectivity index (χ0v) is 20.3. The predicted molar refractivity (Wildman–Crippen MR) is 126 cm³/mol. The van der Waals surface area contributed by atoms with Gasteiger partial charge >= 0.3 is 5.97 Å². The van der Waals surface area contributed by atoms with E-state index < -0.39 is 33.4 Å². The van der Waals surface area contributed by atoms with E-state index in [-0.39, 0.29) is 35.1 Å². The summed E-state index contributed by atoms with van der Waals surface area (Å²) in [5.41, 5.74) is 0.829. The minimum atomic E-state index is -3.75. The van der Waals surface area contributed by atoms with Crippen molar-refractivity contribution in [1.82, 2.24) is 9.62 Å². The largest absolute Gasteiger partial charge is 0.465 e. The number of carbonyl (C=O) groups is 1. The number of piperazine rings is 1. The van der Waals surface area contributed by atoms with Gasteiger partial charge in [-0.2, -0.15) is 0 Å². The van der Waals surface area contributed by atoms with Gasteiger partial charge in [0.1, 0.15) is 11.6 Å². The monoisotopic (exact) mass is 523 g/mol. The van der Waals surface area contributed by atoms with E-state index in [0.717, 1.165) is 11.8 Å². The van der Waals surface area contributed by atoms with Crippen molar-refractivity contribution in [2.45, 2.75) is 5.75 Å². The van der Waals surface area contributed by atoms with Crippen LogP contribution in [0.4, 0.5) is 14.5 Å². The fourth-order valence-corrected chi connectivity index (χ4v) is 4.76. The highest BCUT2D eigenvalue weighted by Gasteiger charge is 2.20. The van der Waals surface area contributed by atoms with E-state index in [2.05, 4.69) is 19.3 Å². The van der Waals surface area contributed by atoms with Gasteiger partial charge in [0.15, 0.2) is 0 Å². The number of nitrogens with zero attached hydrogens (tertiary/aromatic N) is 2. The van der Waals surface area contributed by atoms with Crippen LogP contribution in [0.3, 0.4) is 0 Å². The number of anilines is 1. The van der Waals surface area contributed by atoms with Crippen LogP contribution in [-0.4, -0.2) is 65.7 Å². The fourth-order valence-electron chi connectivity index (χ4n) is 3.44. The average molecular weight is 524 g/mol. The number of sulfonamides is 1. The van der Waals surface area contributed by atoms with Crippen LogP contribution in [0.1, 0.15) is 15.9 Å². The average Bonchev–Trinajstić information content (AvgIpc) is 2.77. The molecule has 1 saturated heterocycles. The van der Waals surface area contributed by atoms with Gasteiger partial charge in [-0.05, 0) is 30.3 Å². The lowest BCUT2D eigenvalue weighted by atomic mass is 10.1. The van der Waals surface area contributed by atoms with Crippen molar-refractivity contribution in [2.75, 3.05) is 51.3 Å². The Bertz CT molecular complexity index is 1080. The Hall–Kier alpha value is -1.98. The topological polar surface area (TPSA) is 78.9 Å². The van der Waals surface area contributed by atoms with E-state index in [4.69, 9.17) is 11.6 Å². The fraction of sp³-hybridized carbons (Fsp3) is 0.381. The molecule has 0 aliphatic carbocycles. The molecule has 0 radical (unpaired) electrons. The molecule has 0 amide bonds. The van der Waals surface area contributed by atoms with E-state index in [1.54, 1.807) is 12.1 Å². The molecule has 3 rings (SSSR count). The molecule has 182 valence electrons. The quantitative estimate of drug-likeness (QED) is 0.535. The third kappa shape index (κ3) is 7.51. The van der Waals surface area contributed by atoms with Gasteiger partial charge in [0, 0.05) is 50.5 Å². The molecule has 2 aromatic rings. The lowest BCUT2D eigenvalue weighted by molar-refractivity contribution is 0.0600. The number of rotatable bonds is 8. The molecule has 0 unspecified atom stereocenters. The molecule has 0 spiro atoms. The van der Waals surface area contributed by atoms with E-state index in [1.165, 1.54) is 25.3 Å². The Morgan fingerprint density at radius 3 is 2.39 bits per heavy atom. The van der Waals surface area contributed by atoms with Gasteiger partial charge in [0.25, 0.3) is 0 Å². The number of hydrogen-bond donors (Lipinski definition) is 1. The first-order valence-electron chi connectivity index (χ1n) is 9.95. The molecule has 0 atom stereocenters. The highest BCUT2D eigenvalue weighted by molar-refractivity contribution is 7.88. The van der Waals surface area contributed by atoms with Crippen molar-refractivity contribution in [3.63, 3.8) is 0 Å². The highest BCUT2D eigenvalue weighted by Crippen LogP contribution is 2.23. The molecular formula is C21H25Cl2F2N3O4S. The molecule has 12 heteroatoms. The second kappa shape index (κ2) is 11.9. The molecule has 1 aliphatic heterocycles. The maximum absolute atomic E-state index is 14.2. The molecule has 1 aliphatic rings. The van der Waals surface area contributed by atoms with Crippen LogP contribution in [0.5, 0.6) is 0 Å². The molecule has 1 fully saturated rings. The summed E-state index contributed by atoms with van der Waals surface area (Å²) >= 11 is 5.85. The van der Waals surface area contributed by atoms with Gasteiger partial charge in [0.05, 0.1) is 23.4 Å². The molecule has 0 saturated carbocycles. The Morgan fingerprint density at radius 2 is 1.79 bits per heavy atom. The van der Waals surface area contributed by atoms with Gasteiger partial charge in [-0.1, -0.05) is 17.7 Å². The van der Waals surface area contributed by atoms with Crippen LogP contribution in [0.2, 0.25) is 5.02 Å². The zero-order valence-electron chi connectivity index (χ0n) is 17.9. The Balaban J connectivity index is 0.00000385. The number of nitrogens with one attached hydrogen (secondary N) is 1. The molecule has 33 heavy (non-hydrogen) atoms. The maximum Gasteiger partial charge on any atom is 0.337 e. The summed E-state index contributed by atoms with van der Waals surface area (Å²) < 4.78 is 59.2. The summed E-state index contributed by atoms with van der Waals surface area (Å²) in [6, 6.07) is 8.17. The second-order valence-electron chi connectivity index (χ2n) is 7.38. The molecule has 2 aromatic carbocycles. The van der Waals surface area contributed by atoms with E-state index in [0.29, 0.717) is 32.7 Å². The van der Waals surface area contributed by atoms with Gasteiger partial charge in [-0.15, -0.1) is 12.4 Å². The van der Waals surface area contributed by atoms with Crippen molar-refractivity contribution in [3.8, 4) is 0 Å². The maximum atomic E-state index is 14.2. The van der Waals surface area contributed by atoms with Crippen molar-refractivity contribution >= 4 is 45.7 Å². The minimum absolute atomic E-state index is 0. The number of carbonyl (C=O) groups excluding carboxylic acids is 1. The van der Waals surface area contributed by atoms with Crippen LogP contribution in [0.25, 0.3) is 0 Å². The number of methoxy groups -OCH3 is 1. The minimum Gasteiger partial charge on any atom is -0.465 e. The number of esters is 1. The van der Waals surface area contributed by atoms with Gasteiger partial charge in [-0.25, -0.2) is 26.7 Å². The first kappa shape index (κ1) is 27.3. The first-order chi connectivity index (χ1) is 15.2. The summed E-state index contributed by atoms with van der Waals surface area (Å²) in [5.74, 6) is -2.46. The lowest BCUT2D eigenvalue weighted by Gasteiger charge is -2.36. The molecule has 0 bridgehead atoms. The van der Waals surface area contributed by atoms with Crippen LogP contribution >= 0.6 is 24.0 Å². The third-order valence-electron chi connectivity index (χ3n) is 5.21. The Labute approximate surface area is 203 Å². The van der Waals surface area contributed by atoms with Crippen LogP contribution in [0.15, 0.2) is 36.4 Å². The first-order valence-corrected chi connectivity index (χ1v) is 12.0. The van der Waals surface area contributed by atoms with Crippen LogP contribution in [-0.2, 0) is 20.5 Å². The summed E-state index contributed by atoms with van der Waals surface area (Å²) in [6.45, 7) is 3.51. The lowest BCUT2D eigenvalue weighted by Crippen LogP contribution is -2.48. The number of ether oxygens (including phenoxy) is 1. The summed E-state index contributed by atoms with van der Waals surface area (Å²) in [5, 5.41) is 0.0794. The van der Waals surface area contributed by atoms with Crippen molar-refractivity contribution in [1.29, 1.82) is 0 Å². The normalized spacial score (nSPS) is 14.6. The highest BCUT2D eigenvalue weighted by atomic mass is 35.5. The van der Waals surface area contributed by atoms with Crippen molar-refractivity contribution in [2.24, 2.45) is 0 Å². The molecular weight excluding hydrogens is 499 g/mol. The molecule has 1 heterocycles. The number of halogens is 4. The number of benzene rings is 2. The van der Waals surface area contributed by atoms with Crippen LogP contribution in [0, 0.1) is 11.6 Å². The molecule has 0 aromatic heterocycles. The Kier molecular flexibility index (Phi) is 9.86. The predicted octanol–water partition coefficient (Wildman–Crippen LogP) is 3.07. The summed E-state index contributed by atoms with van der Waals surface area (Å²) in [6.07, 6.45) is 0. The smallest absolute Gasteiger partial charge is 0.337 e. The van der Waals surface area contributed by atoms with Crippen molar-refractivity contribution in [3.05, 3.63) is 64.2 Å². The Morgan fingerprint density at radius 1 is 1.09 bits per heavy atom. The van der Waals surface area contributed by atoms with E-state index in [9.17, 15) is 22.0 Å². The standard InChI is InChI=1S/C21H24ClF2N3O4S.ClH/c1-31-21(28)15-2-3-16(20(24)12-15)14-32(29,30)25-6-7-26-8-10-27(11-9-26)17-4-5-19(23)18(22)13-17;/h2-5,12-13,25H,6-11,14H2,1H3;1H. The SMILES string of the molecule is COC(=O)c1ccc(CS(=O)(=O)NCCN2CCN(c3ccc(F)c(Cl)c3)CC2)c(F)c1.Cl. The molecule has 1 N–H and O–H groups in total. The third-order valence-corrected chi connectivity index (χ3v) is 6.83. The molecule has 7 nitrogen and oxygen atoms in total. The summed E-state index contributed by atoms with van der Waals surface area (Å²) in [7, 11) is -2.57. The van der Waals surface area contributed by atoms with Gasteiger partial charge in [0.2, 0.25) is 10.0 Å². The van der Waals surface area contributed by atoms with Crippen LogP contribution < -0.4 is 9.62 Å². The number of hydrogen-bond acceptors (Lipinski definition) is 6. The van der Waals surface area contributed by atoms with Gasteiger partial charge < -0.3 is 9.64 Å². The summed E-state index contributed by atoms with van der Waals surface area (Å²) in [4.78, 5) is 15.6.